The number of benzene rings is 2. The summed E-state index contributed by atoms with van der Waals surface area (Å²) < 4.78 is 15.6. The summed E-state index contributed by atoms with van der Waals surface area (Å²) in [7, 11) is 4.63. The maximum absolute atomic E-state index is 11.8. The van der Waals surface area contributed by atoms with Gasteiger partial charge >= 0.3 is 5.97 Å². The van der Waals surface area contributed by atoms with Crippen LogP contribution in [0.3, 0.4) is 0 Å². The second-order valence-electron chi connectivity index (χ2n) is 7.01. The minimum Gasteiger partial charge on any atom is -0.493 e. The van der Waals surface area contributed by atoms with Gasteiger partial charge in [-0.2, -0.15) is 0 Å². The smallest absolute Gasteiger partial charge is 0.337 e. The van der Waals surface area contributed by atoms with Gasteiger partial charge in [0.1, 0.15) is 0 Å². The molecule has 29 heavy (non-hydrogen) atoms. The molecule has 0 bridgehead atoms. The van der Waals surface area contributed by atoms with Gasteiger partial charge in [0.2, 0.25) is 0 Å². The molecule has 2 N–H and O–H groups in total. The quantitative estimate of drug-likeness (QED) is 0.541. The largest absolute Gasteiger partial charge is 0.493 e. The van der Waals surface area contributed by atoms with Crippen LogP contribution in [0.25, 0.3) is 0 Å². The number of rotatable bonds is 6. The topological polar surface area (TPSA) is 68.8 Å². The Bertz CT molecular complexity index is 894. The predicted molar refractivity (Wildman–Crippen MR) is 117 cm³/mol. The molecule has 1 fully saturated rings. The fraction of sp³-hybridized carbons (Fsp3) is 0.364. The van der Waals surface area contributed by atoms with E-state index in [1.807, 2.05) is 18.2 Å². The van der Waals surface area contributed by atoms with E-state index >= 15 is 0 Å². The van der Waals surface area contributed by atoms with Gasteiger partial charge in [-0.15, -0.1) is 0 Å². The molecule has 1 aliphatic carbocycles. The fourth-order valence-electron chi connectivity index (χ4n) is 3.82. The first-order valence-corrected chi connectivity index (χ1v) is 9.92. The molecule has 0 aromatic heterocycles. The Morgan fingerprint density at radius 2 is 1.72 bits per heavy atom. The highest BCUT2D eigenvalue weighted by Crippen LogP contribution is 2.41. The second-order valence-corrected chi connectivity index (χ2v) is 7.42. The zero-order valence-electron chi connectivity index (χ0n) is 16.9. The average molecular weight is 415 g/mol. The Labute approximate surface area is 176 Å². The van der Waals surface area contributed by atoms with Gasteiger partial charge in [-0.25, -0.2) is 4.79 Å². The zero-order chi connectivity index (χ0) is 20.9. The average Bonchev–Trinajstić information content (AvgIpc) is 3.22. The molecule has 0 spiro atoms. The van der Waals surface area contributed by atoms with Crippen LogP contribution < -0.4 is 20.1 Å². The van der Waals surface area contributed by atoms with Gasteiger partial charge in [0.05, 0.1) is 32.4 Å². The van der Waals surface area contributed by atoms with Gasteiger partial charge in [0.25, 0.3) is 0 Å². The van der Waals surface area contributed by atoms with E-state index in [-0.39, 0.29) is 11.5 Å². The van der Waals surface area contributed by atoms with Gasteiger partial charge in [-0.3, -0.25) is 0 Å². The molecule has 0 saturated heterocycles. The molecule has 7 heteroatoms. The van der Waals surface area contributed by atoms with Crippen LogP contribution in [0.4, 0.5) is 5.69 Å². The van der Waals surface area contributed by atoms with E-state index in [4.69, 9.17) is 26.4 Å². The summed E-state index contributed by atoms with van der Waals surface area (Å²) in [6.45, 7) is 0. The number of esters is 1. The predicted octanol–water partition coefficient (Wildman–Crippen LogP) is 4.25. The van der Waals surface area contributed by atoms with Crippen molar-refractivity contribution < 1.29 is 19.0 Å². The standard InChI is InChI=1S/C22H26N2O4S/c1-26-18-10-9-16(14-19(18)27-2)22(11-4-5-12-22)24-21(29)23-17-8-6-7-15(13-17)20(25)28-3/h6-10,13-14H,4-5,11-12H2,1-3H3,(H2,23,24,29). The maximum atomic E-state index is 11.8. The van der Waals surface area contributed by atoms with Crippen LogP contribution in [0, 0.1) is 0 Å². The van der Waals surface area contributed by atoms with Crippen LogP contribution in [-0.2, 0) is 10.3 Å². The highest BCUT2D eigenvalue weighted by atomic mass is 32.1. The monoisotopic (exact) mass is 414 g/mol. The SMILES string of the molecule is COC(=O)c1cccc(NC(=S)NC2(c3ccc(OC)c(OC)c3)CCCC2)c1. The van der Waals surface area contributed by atoms with Crippen molar-refractivity contribution in [2.45, 2.75) is 31.2 Å². The number of methoxy groups -OCH3 is 3. The minimum absolute atomic E-state index is 0.274. The molecular formula is C22H26N2O4S. The van der Waals surface area contributed by atoms with E-state index in [2.05, 4.69) is 16.7 Å². The highest BCUT2D eigenvalue weighted by Gasteiger charge is 2.37. The van der Waals surface area contributed by atoms with E-state index in [9.17, 15) is 4.79 Å². The third kappa shape index (κ3) is 4.62. The Morgan fingerprint density at radius 3 is 2.38 bits per heavy atom. The van der Waals surface area contributed by atoms with Crippen molar-refractivity contribution in [2.24, 2.45) is 0 Å². The summed E-state index contributed by atoms with van der Waals surface area (Å²) in [5, 5.41) is 7.21. The Hall–Kier alpha value is -2.80. The summed E-state index contributed by atoms with van der Waals surface area (Å²) in [6, 6.07) is 13.1. The van der Waals surface area contributed by atoms with Crippen molar-refractivity contribution in [3.05, 3.63) is 53.6 Å². The summed E-state index contributed by atoms with van der Waals surface area (Å²) in [4.78, 5) is 11.8. The summed E-state index contributed by atoms with van der Waals surface area (Å²) in [5.74, 6) is 1.01. The number of carbonyl (C=O) groups excluding carboxylic acids is 1. The van der Waals surface area contributed by atoms with Crippen LogP contribution in [0.1, 0.15) is 41.6 Å². The summed E-state index contributed by atoms with van der Waals surface area (Å²) in [5.41, 5.74) is 2.03. The number of hydrogen-bond donors (Lipinski definition) is 2. The molecule has 0 amide bonds. The number of hydrogen-bond acceptors (Lipinski definition) is 5. The maximum Gasteiger partial charge on any atom is 0.337 e. The molecule has 0 aliphatic heterocycles. The molecule has 3 rings (SSSR count). The van der Waals surface area contributed by atoms with Gasteiger partial charge in [0, 0.05) is 5.69 Å². The number of thiocarbonyl (C=S) groups is 1. The molecule has 0 radical (unpaired) electrons. The normalized spacial score (nSPS) is 14.7. The molecule has 0 atom stereocenters. The van der Waals surface area contributed by atoms with E-state index in [0.717, 1.165) is 36.9 Å². The molecule has 0 unspecified atom stereocenters. The van der Waals surface area contributed by atoms with Crippen molar-refractivity contribution in [1.82, 2.24) is 5.32 Å². The van der Waals surface area contributed by atoms with E-state index in [0.29, 0.717) is 22.2 Å². The van der Waals surface area contributed by atoms with Gasteiger partial charge in [-0.05, 0) is 61.0 Å². The number of anilines is 1. The number of carbonyl (C=O) groups is 1. The van der Waals surface area contributed by atoms with Crippen LogP contribution in [-0.4, -0.2) is 32.4 Å². The van der Waals surface area contributed by atoms with Crippen LogP contribution in [0.2, 0.25) is 0 Å². The van der Waals surface area contributed by atoms with Gasteiger partial charge in [0.15, 0.2) is 16.6 Å². The lowest BCUT2D eigenvalue weighted by Gasteiger charge is -2.33. The van der Waals surface area contributed by atoms with Gasteiger partial charge in [-0.1, -0.05) is 25.0 Å². The molecule has 6 nitrogen and oxygen atoms in total. The molecule has 1 aliphatic rings. The van der Waals surface area contributed by atoms with Crippen LogP contribution in [0.15, 0.2) is 42.5 Å². The van der Waals surface area contributed by atoms with E-state index in [1.54, 1.807) is 32.4 Å². The first-order valence-electron chi connectivity index (χ1n) is 9.51. The molecule has 0 heterocycles. The Balaban J connectivity index is 1.80. The third-order valence-electron chi connectivity index (χ3n) is 5.29. The molecule has 154 valence electrons. The second kappa shape index (κ2) is 9.13. The van der Waals surface area contributed by atoms with E-state index in [1.165, 1.54) is 7.11 Å². The Kier molecular flexibility index (Phi) is 6.59. The van der Waals surface area contributed by atoms with Crippen molar-refractivity contribution in [3.8, 4) is 11.5 Å². The van der Waals surface area contributed by atoms with Crippen molar-refractivity contribution in [3.63, 3.8) is 0 Å². The lowest BCUT2D eigenvalue weighted by Crippen LogP contribution is -2.45. The Morgan fingerprint density at radius 1 is 1.00 bits per heavy atom. The highest BCUT2D eigenvalue weighted by molar-refractivity contribution is 7.80. The first kappa shape index (κ1) is 20.9. The molecular weight excluding hydrogens is 388 g/mol. The van der Waals surface area contributed by atoms with Crippen LogP contribution in [0.5, 0.6) is 11.5 Å². The van der Waals surface area contributed by atoms with Crippen molar-refractivity contribution in [2.75, 3.05) is 26.6 Å². The number of ether oxygens (including phenoxy) is 3. The first-order chi connectivity index (χ1) is 14.0. The lowest BCUT2D eigenvalue weighted by atomic mass is 9.88. The molecule has 1 saturated carbocycles. The third-order valence-corrected chi connectivity index (χ3v) is 5.49. The number of nitrogens with one attached hydrogen (secondary N) is 2. The molecule has 2 aromatic rings. The van der Waals surface area contributed by atoms with Crippen molar-refractivity contribution >= 4 is 29.0 Å². The van der Waals surface area contributed by atoms with Crippen LogP contribution >= 0.6 is 12.2 Å². The fourth-order valence-corrected chi connectivity index (χ4v) is 4.13. The van der Waals surface area contributed by atoms with Crippen molar-refractivity contribution in [1.29, 1.82) is 0 Å². The van der Waals surface area contributed by atoms with E-state index < -0.39 is 0 Å². The summed E-state index contributed by atoms with van der Waals surface area (Å²) in [6.07, 6.45) is 4.16. The zero-order valence-corrected chi connectivity index (χ0v) is 17.7. The minimum atomic E-state index is -0.384. The molecule has 2 aromatic carbocycles. The lowest BCUT2D eigenvalue weighted by molar-refractivity contribution is 0.0601. The summed E-state index contributed by atoms with van der Waals surface area (Å²) >= 11 is 5.60. The van der Waals surface area contributed by atoms with Gasteiger partial charge < -0.3 is 24.8 Å².